The Morgan fingerprint density at radius 1 is 0.952 bits per heavy atom. The van der Waals surface area contributed by atoms with Crippen molar-refractivity contribution in [2.24, 2.45) is 0 Å². The monoisotopic (exact) mass is 282 g/mol. The van der Waals surface area contributed by atoms with E-state index in [-0.39, 0.29) is 22.3 Å². The molecule has 0 saturated carbocycles. The van der Waals surface area contributed by atoms with Crippen LogP contribution in [0, 0.1) is 0 Å². The minimum absolute atomic E-state index is 0.00333. The molecule has 0 heterocycles. The van der Waals surface area contributed by atoms with E-state index in [1.807, 2.05) is 0 Å². The number of carboxylic acid groups (broad SMARTS) is 1. The van der Waals surface area contributed by atoms with Crippen molar-refractivity contribution in [2.75, 3.05) is 0 Å². The first-order valence-electron chi connectivity index (χ1n) is 6.00. The molecule has 0 bridgehead atoms. The van der Waals surface area contributed by atoms with Gasteiger partial charge in [-0.2, -0.15) is 0 Å². The van der Waals surface area contributed by atoms with Gasteiger partial charge in [-0.25, -0.2) is 4.79 Å². The van der Waals surface area contributed by atoms with Crippen LogP contribution in [0.5, 0.6) is 0 Å². The van der Waals surface area contributed by atoms with E-state index in [1.54, 1.807) is 0 Å². The molecule has 0 radical (unpaired) electrons. The van der Waals surface area contributed by atoms with E-state index in [1.165, 1.54) is 42.5 Å². The van der Waals surface area contributed by atoms with Crippen LogP contribution in [0.2, 0.25) is 0 Å². The summed E-state index contributed by atoms with van der Waals surface area (Å²) < 4.78 is 0. The van der Waals surface area contributed by atoms with Crippen LogP contribution in [0.3, 0.4) is 0 Å². The summed E-state index contributed by atoms with van der Waals surface area (Å²) in [6.07, 6.45) is 1.02. The van der Waals surface area contributed by atoms with Crippen LogP contribution < -0.4 is 0 Å². The maximum absolute atomic E-state index is 12.5. The highest BCUT2D eigenvalue weighted by atomic mass is 16.4. The third-order valence-corrected chi connectivity index (χ3v) is 2.97. The molecule has 2 rings (SSSR count). The number of carboxylic acids is 1. The van der Waals surface area contributed by atoms with Crippen molar-refractivity contribution in [3.8, 4) is 0 Å². The Labute approximate surface area is 119 Å². The third-order valence-electron chi connectivity index (χ3n) is 2.97. The number of benzene rings is 2. The van der Waals surface area contributed by atoms with Crippen LogP contribution in [0.25, 0.3) is 0 Å². The van der Waals surface area contributed by atoms with Crippen molar-refractivity contribution in [3.63, 3.8) is 0 Å². The van der Waals surface area contributed by atoms with E-state index in [2.05, 4.69) is 0 Å². The van der Waals surface area contributed by atoms with Crippen LogP contribution in [-0.4, -0.2) is 29.4 Å². The predicted molar refractivity (Wildman–Crippen MR) is 74.1 cm³/mol. The largest absolute Gasteiger partial charge is 0.478 e. The van der Waals surface area contributed by atoms with Crippen molar-refractivity contribution in [1.82, 2.24) is 0 Å². The second-order valence-electron chi connectivity index (χ2n) is 4.27. The molecule has 0 amide bonds. The number of ketones is 1. The molecule has 2 aromatic carbocycles. The summed E-state index contributed by atoms with van der Waals surface area (Å²) in [5, 5.41) is 9.16. The van der Waals surface area contributed by atoms with Gasteiger partial charge in [0.05, 0.1) is 5.56 Å². The van der Waals surface area contributed by atoms with E-state index in [9.17, 15) is 19.2 Å². The molecule has 0 atom stereocenters. The van der Waals surface area contributed by atoms with Crippen LogP contribution in [0.1, 0.15) is 47.0 Å². The lowest BCUT2D eigenvalue weighted by molar-refractivity contribution is 0.0692. The molecule has 5 nitrogen and oxygen atoms in total. The zero-order valence-corrected chi connectivity index (χ0v) is 10.8. The highest BCUT2D eigenvalue weighted by Gasteiger charge is 2.21. The van der Waals surface area contributed by atoms with Gasteiger partial charge in [-0.05, 0) is 12.1 Å². The summed E-state index contributed by atoms with van der Waals surface area (Å²) in [5.41, 5.74) is 0.0123. The van der Waals surface area contributed by atoms with Crippen molar-refractivity contribution < 1.29 is 24.3 Å². The first-order chi connectivity index (χ1) is 10.1. The van der Waals surface area contributed by atoms with E-state index < -0.39 is 11.8 Å². The minimum Gasteiger partial charge on any atom is -0.478 e. The Morgan fingerprint density at radius 3 is 2.29 bits per heavy atom. The molecule has 0 aliphatic heterocycles. The first kappa shape index (κ1) is 14.3. The molecule has 5 heteroatoms. The average molecular weight is 282 g/mol. The van der Waals surface area contributed by atoms with Gasteiger partial charge in [0.2, 0.25) is 0 Å². The standard InChI is InChI=1S/C16H10O5/c17-8-10-3-1-4-11(7-10)15(19)14-12(9-18)5-2-6-13(14)16(20)21/h1-9H,(H,20,21). The van der Waals surface area contributed by atoms with Crippen molar-refractivity contribution >= 4 is 24.3 Å². The molecule has 0 spiro atoms. The zero-order chi connectivity index (χ0) is 15.4. The molecule has 0 aromatic heterocycles. The summed E-state index contributed by atoms with van der Waals surface area (Å²) in [7, 11) is 0. The topological polar surface area (TPSA) is 88.5 Å². The van der Waals surface area contributed by atoms with Gasteiger partial charge in [-0.3, -0.25) is 14.4 Å². The highest BCUT2D eigenvalue weighted by Crippen LogP contribution is 2.19. The lowest BCUT2D eigenvalue weighted by Gasteiger charge is -2.08. The van der Waals surface area contributed by atoms with Gasteiger partial charge in [0, 0.05) is 22.3 Å². The molecule has 0 aliphatic carbocycles. The van der Waals surface area contributed by atoms with Gasteiger partial charge in [-0.1, -0.05) is 30.3 Å². The summed E-state index contributed by atoms with van der Waals surface area (Å²) in [4.78, 5) is 45.5. The second-order valence-corrected chi connectivity index (χ2v) is 4.27. The smallest absolute Gasteiger partial charge is 0.336 e. The van der Waals surface area contributed by atoms with Gasteiger partial charge < -0.3 is 5.11 Å². The molecular weight excluding hydrogens is 272 g/mol. The van der Waals surface area contributed by atoms with E-state index >= 15 is 0 Å². The average Bonchev–Trinajstić information content (AvgIpc) is 2.53. The molecule has 0 fully saturated rings. The van der Waals surface area contributed by atoms with E-state index in [0.717, 1.165) is 0 Å². The highest BCUT2D eigenvalue weighted by molar-refractivity contribution is 6.17. The Bertz CT molecular complexity index is 746. The van der Waals surface area contributed by atoms with Crippen LogP contribution in [-0.2, 0) is 0 Å². The fourth-order valence-corrected chi connectivity index (χ4v) is 2.00. The van der Waals surface area contributed by atoms with Gasteiger partial charge in [0.25, 0.3) is 0 Å². The first-order valence-corrected chi connectivity index (χ1v) is 6.00. The summed E-state index contributed by atoms with van der Waals surface area (Å²) in [6, 6.07) is 9.87. The molecular formula is C16H10O5. The molecule has 1 N–H and O–H groups in total. The fraction of sp³-hybridized carbons (Fsp3) is 0. The molecule has 0 aliphatic rings. The zero-order valence-electron chi connectivity index (χ0n) is 10.8. The molecule has 104 valence electrons. The number of hydrogen-bond acceptors (Lipinski definition) is 4. The number of rotatable bonds is 5. The van der Waals surface area contributed by atoms with Gasteiger partial charge in [-0.15, -0.1) is 0 Å². The third kappa shape index (κ3) is 2.76. The number of carbonyl (C=O) groups is 4. The van der Waals surface area contributed by atoms with E-state index in [4.69, 9.17) is 5.11 Å². The van der Waals surface area contributed by atoms with Crippen LogP contribution in [0.15, 0.2) is 42.5 Å². The summed E-state index contributed by atoms with van der Waals surface area (Å²) in [5.74, 6) is -1.91. The molecule has 0 unspecified atom stereocenters. The molecule has 2 aromatic rings. The van der Waals surface area contributed by atoms with E-state index in [0.29, 0.717) is 18.1 Å². The number of aromatic carboxylic acids is 1. The lowest BCUT2D eigenvalue weighted by atomic mass is 9.93. The second kappa shape index (κ2) is 5.92. The van der Waals surface area contributed by atoms with Gasteiger partial charge >= 0.3 is 5.97 Å². The Morgan fingerprint density at radius 2 is 1.67 bits per heavy atom. The number of aldehydes is 2. The summed E-state index contributed by atoms with van der Waals surface area (Å²) in [6.45, 7) is 0. The predicted octanol–water partition coefficient (Wildman–Crippen LogP) is 2.24. The van der Waals surface area contributed by atoms with Gasteiger partial charge in [0.1, 0.15) is 6.29 Å². The fourth-order valence-electron chi connectivity index (χ4n) is 2.00. The summed E-state index contributed by atoms with van der Waals surface area (Å²) >= 11 is 0. The SMILES string of the molecule is O=Cc1cccc(C(=O)c2c(C=O)cccc2C(=O)O)c1. The van der Waals surface area contributed by atoms with Gasteiger partial charge in [0.15, 0.2) is 12.1 Å². The minimum atomic E-state index is -1.30. The quantitative estimate of drug-likeness (QED) is 0.671. The van der Waals surface area contributed by atoms with Crippen molar-refractivity contribution in [2.45, 2.75) is 0 Å². The normalized spacial score (nSPS) is 9.90. The lowest BCUT2D eigenvalue weighted by Crippen LogP contribution is -2.13. The van der Waals surface area contributed by atoms with Crippen molar-refractivity contribution in [1.29, 1.82) is 0 Å². The maximum atomic E-state index is 12.5. The number of hydrogen-bond donors (Lipinski definition) is 1. The van der Waals surface area contributed by atoms with Crippen LogP contribution in [0.4, 0.5) is 0 Å². The number of carbonyl (C=O) groups excluding carboxylic acids is 3. The Balaban J connectivity index is 2.64. The molecule has 0 saturated heterocycles. The van der Waals surface area contributed by atoms with Crippen molar-refractivity contribution in [3.05, 3.63) is 70.3 Å². The van der Waals surface area contributed by atoms with Crippen LogP contribution >= 0.6 is 0 Å². The Hall–Kier alpha value is -3.08. The maximum Gasteiger partial charge on any atom is 0.336 e. The Kier molecular flexibility index (Phi) is 4.04. The molecule has 21 heavy (non-hydrogen) atoms.